The van der Waals surface area contributed by atoms with Gasteiger partial charge in [0.1, 0.15) is 10.9 Å². The highest BCUT2D eigenvalue weighted by Gasteiger charge is 2.22. The highest BCUT2D eigenvalue weighted by molar-refractivity contribution is 9.10. The molecule has 26 heavy (non-hydrogen) atoms. The highest BCUT2D eigenvalue weighted by atomic mass is 79.9. The molecule has 1 fully saturated rings. The van der Waals surface area contributed by atoms with E-state index in [1.807, 2.05) is 36.4 Å². The molecule has 2 aromatic carbocycles. The first-order valence-electron chi connectivity index (χ1n) is 7.46. The topological polar surface area (TPSA) is 47.6 Å². The summed E-state index contributed by atoms with van der Waals surface area (Å²) in [7, 11) is 1.58. The van der Waals surface area contributed by atoms with Gasteiger partial charge in [0, 0.05) is 4.47 Å². The van der Waals surface area contributed by atoms with Crippen molar-refractivity contribution in [1.29, 1.82) is 0 Å². The van der Waals surface area contributed by atoms with Gasteiger partial charge in [0.25, 0.3) is 5.91 Å². The Balaban J connectivity index is 1.84. The van der Waals surface area contributed by atoms with Crippen molar-refractivity contribution in [1.82, 2.24) is 5.32 Å². The molecule has 8 heteroatoms. The molecular formula is C18H13Br2NO3S2. The van der Waals surface area contributed by atoms with Gasteiger partial charge in [0.2, 0.25) is 0 Å². The smallest absolute Gasteiger partial charge is 0.263 e. The molecule has 134 valence electrons. The van der Waals surface area contributed by atoms with Gasteiger partial charge in [-0.2, -0.15) is 0 Å². The number of thiocarbonyl (C=S) groups is 1. The molecule has 4 nitrogen and oxygen atoms in total. The van der Waals surface area contributed by atoms with E-state index in [2.05, 4.69) is 37.2 Å². The fraction of sp³-hybridized carbons (Fsp3) is 0.111. The number of hydrogen-bond donors (Lipinski definition) is 1. The number of ether oxygens (including phenoxy) is 2. The standard InChI is InChI=1S/C18H13Br2NO3S2/c1-23-14-7-11(8-15-17(22)21-18(25)26-15)6-13(20)16(14)24-9-10-3-2-4-12(19)5-10/h2-8H,9H2,1H3,(H,21,22,25)/b15-8+. The number of nitrogens with one attached hydrogen (secondary N) is 1. The van der Waals surface area contributed by atoms with Crippen LogP contribution in [0.3, 0.4) is 0 Å². The van der Waals surface area contributed by atoms with Crippen LogP contribution in [0, 0.1) is 0 Å². The third-order valence-corrected chi connectivity index (χ3v) is 5.71. The van der Waals surface area contributed by atoms with Crippen LogP contribution in [0.25, 0.3) is 6.08 Å². The van der Waals surface area contributed by atoms with Crippen LogP contribution in [-0.2, 0) is 11.4 Å². The molecular weight excluding hydrogens is 502 g/mol. The van der Waals surface area contributed by atoms with Gasteiger partial charge in [-0.05, 0) is 57.4 Å². The number of hydrogen-bond acceptors (Lipinski definition) is 5. The lowest BCUT2D eigenvalue weighted by Crippen LogP contribution is -2.17. The quantitative estimate of drug-likeness (QED) is 0.434. The largest absolute Gasteiger partial charge is 0.493 e. The third kappa shape index (κ3) is 4.68. The van der Waals surface area contributed by atoms with Crippen LogP contribution >= 0.6 is 55.8 Å². The zero-order chi connectivity index (χ0) is 18.7. The van der Waals surface area contributed by atoms with Crippen molar-refractivity contribution in [2.24, 2.45) is 0 Å². The summed E-state index contributed by atoms with van der Waals surface area (Å²) in [5.74, 6) is 0.992. The molecule has 1 aliphatic heterocycles. The van der Waals surface area contributed by atoms with E-state index in [-0.39, 0.29) is 5.91 Å². The number of amides is 1. The molecule has 0 aromatic heterocycles. The van der Waals surface area contributed by atoms with Crippen LogP contribution in [0.2, 0.25) is 0 Å². The molecule has 0 saturated carbocycles. The molecule has 1 saturated heterocycles. The molecule has 0 atom stereocenters. The maximum absolute atomic E-state index is 11.8. The first-order chi connectivity index (χ1) is 12.5. The van der Waals surface area contributed by atoms with E-state index >= 15 is 0 Å². The Morgan fingerprint density at radius 2 is 2.08 bits per heavy atom. The number of carbonyl (C=O) groups excluding carboxylic acids is 1. The fourth-order valence-electron chi connectivity index (χ4n) is 2.32. The van der Waals surface area contributed by atoms with Crippen LogP contribution in [-0.4, -0.2) is 17.3 Å². The van der Waals surface area contributed by atoms with E-state index in [0.29, 0.717) is 27.3 Å². The Bertz CT molecular complexity index is 915. The van der Waals surface area contributed by atoms with Gasteiger partial charge in [-0.3, -0.25) is 4.79 Å². The Kier molecular flexibility index (Phi) is 6.39. The van der Waals surface area contributed by atoms with Crippen molar-refractivity contribution in [3.8, 4) is 11.5 Å². The Morgan fingerprint density at radius 3 is 2.73 bits per heavy atom. The Labute approximate surface area is 177 Å². The summed E-state index contributed by atoms with van der Waals surface area (Å²) in [6.07, 6.45) is 1.77. The summed E-state index contributed by atoms with van der Waals surface area (Å²) in [4.78, 5) is 12.4. The second-order valence-corrected chi connectivity index (χ2v) is 8.79. The minimum atomic E-state index is -0.190. The average Bonchev–Trinajstić information content (AvgIpc) is 2.90. The number of halogens is 2. The predicted octanol–water partition coefficient (Wildman–Crippen LogP) is 5.29. The van der Waals surface area contributed by atoms with Crippen molar-refractivity contribution in [3.05, 3.63) is 61.4 Å². The molecule has 1 N–H and O–H groups in total. The van der Waals surface area contributed by atoms with Crippen molar-refractivity contribution >= 4 is 72.1 Å². The molecule has 0 aliphatic carbocycles. The van der Waals surface area contributed by atoms with Crippen LogP contribution in [0.5, 0.6) is 11.5 Å². The number of rotatable bonds is 5. The van der Waals surface area contributed by atoms with Crippen molar-refractivity contribution < 1.29 is 14.3 Å². The SMILES string of the molecule is COc1cc(/C=C2/SC(=S)NC2=O)cc(Br)c1OCc1cccc(Br)c1. The summed E-state index contributed by atoms with van der Waals surface area (Å²) >= 11 is 13.2. The number of thioether (sulfide) groups is 1. The van der Waals surface area contributed by atoms with Crippen LogP contribution < -0.4 is 14.8 Å². The minimum Gasteiger partial charge on any atom is -0.493 e. The van der Waals surface area contributed by atoms with Gasteiger partial charge in [-0.15, -0.1) is 0 Å². The van der Waals surface area contributed by atoms with Crippen molar-refractivity contribution in [2.75, 3.05) is 7.11 Å². The fourth-order valence-corrected chi connectivity index (χ4v) is 4.38. The van der Waals surface area contributed by atoms with Crippen LogP contribution in [0.4, 0.5) is 0 Å². The molecule has 0 unspecified atom stereocenters. The molecule has 3 rings (SSSR count). The van der Waals surface area contributed by atoms with Gasteiger partial charge in [-0.1, -0.05) is 52.0 Å². The zero-order valence-electron chi connectivity index (χ0n) is 13.5. The normalized spacial score (nSPS) is 15.3. The summed E-state index contributed by atoms with van der Waals surface area (Å²) in [6.45, 7) is 0.404. The Hall–Kier alpha value is -1.35. The maximum atomic E-state index is 11.8. The molecule has 0 spiro atoms. The molecule has 1 heterocycles. The van der Waals surface area contributed by atoms with E-state index in [9.17, 15) is 4.79 Å². The summed E-state index contributed by atoms with van der Waals surface area (Å²) in [5, 5.41) is 2.60. The Morgan fingerprint density at radius 1 is 1.27 bits per heavy atom. The predicted molar refractivity (Wildman–Crippen MR) is 115 cm³/mol. The van der Waals surface area contributed by atoms with Gasteiger partial charge in [0.05, 0.1) is 16.5 Å². The number of carbonyl (C=O) groups is 1. The van der Waals surface area contributed by atoms with E-state index in [0.717, 1.165) is 20.1 Å². The zero-order valence-corrected chi connectivity index (χ0v) is 18.4. The second-order valence-electron chi connectivity index (χ2n) is 5.30. The van der Waals surface area contributed by atoms with Crippen LogP contribution in [0.15, 0.2) is 50.2 Å². The maximum Gasteiger partial charge on any atom is 0.263 e. The average molecular weight is 515 g/mol. The molecule has 2 aromatic rings. The molecule has 0 bridgehead atoms. The number of benzene rings is 2. The van der Waals surface area contributed by atoms with Gasteiger partial charge >= 0.3 is 0 Å². The van der Waals surface area contributed by atoms with Gasteiger partial charge < -0.3 is 14.8 Å². The summed E-state index contributed by atoms with van der Waals surface area (Å²) < 4.78 is 13.6. The van der Waals surface area contributed by atoms with E-state index < -0.39 is 0 Å². The lowest BCUT2D eigenvalue weighted by molar-refractivity contribution is -0.115. The van der Waals surface area contributed by atoms with E-state index in [1.165, 1.54) is 11.8 Å². The monoisotopic (exact) mass is 513 g/mol. The van der Waals surface area contributed by atoms with E-state index in [1.54, 1.807) is 13.2 Å². The van der Waals surface area contributed by atoms with Crippen molar-refractivity contribution in [2.45, 2.75) is 6.61 Å². The van der Waals surface area contributed by atoms with Crippen molar-refractivity contribution in [3.63, 3.8) is 0 Å². The minimum absolute atomic E-state index is 0.190. The lowest BCUT2D eigenvalue weighted by atomic mass is 10.2. The molecule has 1 aliphatic rings. The molecule has 0 radical (unpaired) electrons. The second kappa shape index (κ2) is 8.56. The van der Waals surface area contributed by atoms with Crippen LogP contribution in [0.1, 0.15) is 11.1 Å². The third-order valence-electron chi connectivity index (χ3n) is 3.46. The molecule has 1 amide bonds. The van der Waals surface area contributed by atoms with Gasteiger partial charge in [0.15, 0.2) is 11.5 Å². The first-order valence-corrected chi connectivity index (χ1v) is 10.3. The van der Waals surface area contributed by atoms with E-state index in [4.69, 9.17) is 21.7 Å². The highest BCUT2D eigenvalue weighted by Crippen LogP contribution is 2.38. The number of methoxy groups -OCH3 is 1. The first kappa shape index (κ1) is 19.4. The summed E-state index contributed by atoms with van der Waals surface area (Å²) in [6, 6.07) is 11.6. The van der Waals surface area contributed by atoms with Gasteiger partial charge in [-0.25, -0.2) is 0 Å². The lowest BCUT2D eigenvalue weighted by Gasteiger charge is -2.14. The summed E-state index contributed by atoms with van der Waals surface area (Å²) in [5.41, 5.74) is 1.85.